The lowest BCUT2D eigenvalue weighted by Crippen LogP contribution is -2.15. The van der Waals surface area contributed by atoms with Crippen LogP contribution in [0.4, 0.5) is 8.78 Å². The van der Waals surface area contributed by atoms with Crippen LogP contribution in [0.3, 0.4) is 0 Å². The molecule has 0 radical (unpaired) electrons. The third kappa shape index (κ3) is 4.00. The highest BCUT2D eigenvalue weighted by atomic mass is 19.1. The lowest BCUT2D eigenvalue weighted by molar-refractivity contribution is 0.146. The van der Waals surface area contributed by atoms with Gasteiger partial charge in [-0.2, -0.15) is 5.10 Å². The maximum absolute atomic E-state index is 14.8. The molecule has 1 aliphatic rings. The van der Waals surface area contributed by atoms with E-state index in [4.69, 9.17) is 9.47 Å². The number of rotatable bonds is 7. The van der Waals surface area contributed by atoms with Crippen LogP contribution >= 0.6 is 0 Å². The van der Waals surface area contributed by atoms with Crippen molar-refractivity contribution in [3.63, 3.8) is 0 Å². The van der Waals surface area contributed by atoms with E-state index in [0.29, 0.717) is 23.6 Å². The summed E-state index contributed by atoms with van der Waals surface area (Å²) in [6, 6.07) is 9.63. The zero-order valence-corrected chi connectivity index (χ0v) is 18.0. The van der Waals surface area contributed by atoms with Crippen molar-refractivity contribution in [1.82, 2.24) is 19.7 Å². The molecule has 7 nitrogen and oxygen atoms in total. The summed E-state index contributed by atoms with van der Waals surface area (Å²) in [4.78, 5) is 20.0. The quantitative estimate of drug-likeness (QED) is 0.433. The van der Waals surface area contributed by atoms with Gasteiger partial charge in [-0.3, -0.25) is 9.48 Å². The van der Waals surface area contributed by atoms with Crippen LogP contribution in [0.1, 0.15) is 23.2 Å². The Morgan fingerprint density at radius 2 is 1.91 bits per heavy atom. The van der Waals surface area contributed by atoms with Gasteiger partial charge < -0.3 is 14.5 Å². The molecule has 170 valence electrons. The van der Waals surface area contributed by atoms with E-state index in [1.807, 2.05) is 24.3 Å². The minimum absolute atomic E-state index is 0.0942. The number of aromatic amines is 1. The van der Waals surface area contributed by atoms with Crippen molar-refractivity contribution in [1.29, 1.82) is 0 Å². The van der Waals surface area contributed by atoms with Crippen molar-refractivity contribution >= 4 is 10.9 Å². The molecule has 0 saturated heterocycles. The fourth-order valence-corrected chi connectivity index (χ4v) is 4.18. The molecular formula is C24H22F2N4O3. The van der Waals surface area contributed by atoms with Gasteiger partial charge in [-0.1, -0.05) is 18.2 Å². The summed E-state index contributed by atoms with van der Waals surface area (Å²) in [6.07, 6.45) is 2.37. The largest absolute Gasteiger partial charge is 0.491 e. The second kappa shape index (κ2) is 8.74. The Morgan fingerprint density at radius 1 is 1.12 bits per heavy atom. The van der Waals surface area contributed by atoms with Gasteiger partial charge in [-0.05, 0) is 25.3 Å². The highest BCUT2D eigenvalue weighted by Crippen LogP contribution is 2.29. The van der Waals surface area contributed by atoms with Crippen molar-refractivity contribution in [2.24, 2.45) is 0 Å². The molecule has 1 N–H and O–H groups in total. The molecule has 5 rings (SSSR count). The molecule has 0 spiro atoms. The van der Waals surface area contributed by atoms with E-state index >= 15 is 0 Å². The normalized spacial score (nSPS) is 12.9. The number of ether oxygens (including phenoxy) is 2. The van der Waals surface area contributed by atoms with Gasteiger partial charge in [0.25, 0.3) is 5.56 Å². The molecule has 0 saturated carbocycles. The molecule has 0 bridgehead atoms. The summed E-state index contributed by atoms with van der Waals surface area (Å²) in [5.41, 5.74) is 2.36. The van der Waals surface area contributed by atoms with Crippen molar-refractivity contribution < 1.29 is 18.3 Å². The van der Waals surface area contributed by atoms with Gasteiger partial charge >= 0.3 is 0 Å². The van der Waals surface area contributed by atoms with Crippen molar-refractivity contribution in [3.8, 4) is 17.3 Å². The summed E-state index contributed by atoms with van der Waals surface area (Å²) in [5, 5.41) is 5.32. The minimum atomic E-state index is -0.729. The van der Waals surface area contributed by atoms with E-state index in [9.17, 15) is 13.6 Å². The van der Waals surface area contributed by atoms with Crippen molar-refractivity contribution in [2.45, 2.75) is 25.8 Å². The van der Waals surface area contributed by atoms with E-state index in [0.717, 1.165) is 48.0 Å². The smallest absolute Gasteiger partial charge is 0.254 e. The Hall–Kier alpha value is -3.59. The molecule has 1 aliphatic carbocycles. The highest BCUT2D eigenvalue weighted by molar-refractivity contribution is 5.91. The first kappa shape index (κ1) is 21.3. The molecule has 33 heavy (non-hydrogen) atoms. The minimum Gasteiger partial charge on any atom is -0.491 e. The second-order valence-electron chi connectivity index (χ2n) is 7.92. The molecular weight excluding hydrogens is 430 g/mol. The molecule has 0 unspecified atom stereocenters. The number of benzene rings is 2. The Labute approximate surface area is 188 Å². The standard InChI is InChI=1S/C24H22F2N4O3/c1-32-9-10-33-14-11-18(25)17(19(26)12-14)13-30-21-8-3-2-5-16(21)22(29-30)23-27-20-7-4-6-15(20)24(31)28-23/h2-3,5,8,11-12H,4,6-7,9-10,13H2,1H3,(H,27,28,31). The number of aryl methyl sites for hydroxylation is 1. The molecule has 0 aliphatic heterocycles. The molecule has 9 heteroatoms. The maximum atomic E-state index is 14.8. The van der Waals surface area contributed by atoms with E-state index in [1.54, 1.807) is 0 Å². The topological polar surface area (TPSA) is 82.0 Å². The monoisotopic (exact) mass is 452 g/mol. The van der Waals surface area contributed by atoms with Crippen LogP contribution in [0.15, 0.2) is 41.2 Å². The van der Waals surface area contributed by atoms with Gasteiger partial charge in [0.15, 0.2) is 5.82 Å². The molecule has 2 aromatic heterocycles. The third-order valence-electron chi connectivity index (χ3n) is 5.80. The summed E-state index contributed by atoms with van der Waals surface area (Å²) >= 11 is 0. The number of nitrogens with zero attached hydrogens (tertiary/aromatic N) is 3. The Bertz CT molecular complexity index is 1370. The SMILES string of the molecule is COCCOc1cc(F)c(Cn2nc(-c3nc4c(c(=O)[nH]3)CCC4)c3ccccc32)c(F)c1. The molecule has 2 aromatic carbocycles. The average molecular weight is 452 g/mol. The van der Waals surface area contributed by atoms with E-state index < -0.39 is 11.6 Å². The van der Waals surface area contributed by atoms with E-state index in [2.05, 4.69) is 15.1 Å². The first-order valence-electron chi connectivity index (χ1n) is 10.7. The van der Waals surface area contributed by atoms with Crippen LogP contribution in [0.5, 0.6) is 5.75 Å². The lowest BCUT2D eigenvalue weighted by Gasteiger charge is -2.10. The number of aromatic nitrogens is 4. The number of methoxy groups -OCH3 is 1. The number of hydrogen-bond acceptors (Lipinski definition) is 5. The van der Waals surface area contributed by atoms with Crippen LogP contribution in [0.25, 0.3) is 22.4 Å². The van der Waals surface area contributed by atoms with Gasteiger partial charge in [0.2, 0.25) is 0 Å². The number of nitrogens with one attached hydrogen (secondary N) is 1. The summed E-state index contributed by atoms with van der Waals surface area (Å²) < 4.78 is 41.3. The summed E-state index contributed by atoms with van der Waals surface area (Å²) in [5.74, 6) is -1.00. The Kier molecular flexibility index (Phi) is 5.63. The highest BCUT2D eigenvalue weighted by Gasteiger charge is 2.22. The maximum Gasteiger partial charge on any atom is 0.254 e. The first-order valence-corrected chi connectivity index (χ1v) is 10.7. The number of hydrogen-bond donors (Lipinski definition) is 1. The van der Waals surface area contributed by atoms with Crippen molar-refractivity contribution in [2.75, 3.05) is 20.3 Å². The third-order valence-corrected chi connectivity index (χ3v) is 5.80. The van der Waals surface area contributed by atoms with Crippen LogP contribution in [0, 0.1) is 11.6 Å². The Balaban J connectivity index is 1.53. The van der Waals surface area contributed by atoms with Gasteiger partial charge in [0.05, 0.1) is 24.4 Å². The van der Waals surface area contributed by atoms with Gasteiger partial charge in [0.1, 0.15) is 29.7 Å². The van der Waals surface area contributed by atoms with Gasteiger partial charge in [-0.15, -0.1) is 0 Å². The van der Waals surface area contributed by atoms with Crippen LogP contribution < -0.4 is 10.3 Å². The van der Waals surface area contributed by atoms with Gasteiger partial charge in [-0.25, -0.2) is 13.8 Å². The molecule has 0 fully saturated rings. The number of halogens is 2. The fourth-order valence-electron chi connectivity index (χ4n) is 4.18. The lowest BCUT2D eigenvalue weighted by atomic mass is 10.1. The van der Waals surface area contributed by atoms with Crippen LogP contribution in [-0.2, 0) is 24.1 Å². The molecule has 0 atom stereocenters. The predicted octanol–water partition coefficient (Wildman–Crippen LogP) is 3.63. The van der Waals surface area contributed by atoms with Crippen LogP contribution in [-0.4, -0.2) is 40.1 Å². The fraction of sp³-hybridized carbons (Fsp3) is 0.292. The zero-order chi connectivity index (χ0) is 22.9. The number of fused-ring (bicyclic) bond motifs is 2. The first-order chi connectivity index (χ1) is 16.0. The van der Waals surface area contributed by atoms with Gasteiger partial charge in [0, 0.05) is 35.8 Å². The van der Waals surface area contributed by atoms with Crippen molar-refractivity contribution in [3.05, 3.63) is 75.2 Å². The summed E-state index contributed by atoms with van der Waals surface area (Å²) in [6.45, 7) is 0.366. The molecule has 4 aromatic rings. The Morgan fingerprint density at radius 3 is 2.70 bits per heavy atom. The predicted molar refractivity (Wildman–Crippen MR) is 118 cm³/mol. The van der Waals surface area contributed by atoms with Crippen LogP contribution in [0.2, 0.25) is 0 Å². The summed E-state index contributed by atoms with van der Waals surface area (Å²) in [7, 11) is 1.52. The molecule has 0 amide bonds. The number of H-pyrrole nitrogens is 1. The average Bonchev–Trinajstić information content (AvgIpc) is 3.42. The second-order valence-corrected chi connectivity index (χ2v) is 7.92. The zero-order valence-electron chi connectivity index (χ0n) is 18.0. The van der Waals surface area contributed by atoms with E-state index in [1.165, 1.54) is 11.8 Å². The molecule has 2 heterocycles. The number of para-hydroxylation sites is 1. The van der Waals surface area contributed by atoms with E-state index in [-0.39, 0.29) is 30.0 Å².